The highest BCUT2D eigenvalue weighted by molar-refractivity contribution is 5.60. The molecule has 3 aromatic rings. The van der Waals surface area contributed by atoms with Crippen molar-refractivity contribution in [2.45, 2.75) is 32.2 Å². The molecule has 0 aromatic heterocycles. The summed E-state index contributed by atoms with van der Waals surface area (Å²) >= 11 is 0. The summed E-state index contributed by atoms with van der Waals surface area (Å²) in [6, 6.07) is 25.9. The largest absolute Gasteiger partial charge is 0.489 e. The van der Waals surface area contributed by atoms with Crippen LogP contribution >= 0.6 is 0 Å². The van der Waals surface area contributed by atoms with Gasteiger partial charge in [0, 0.05) is 19.0 Å². The molecule has 0 spiro atoms. The average molecular weight is 420 g/mol. The monoisotopic (exact) mass is 419 g/mol. The van der Waals surface area contributed by atoms with E-state index in [0.29, 0.717) is 13.2 Å². The molecule has 0 saturated carbocycles. The van der Waals surface area contributed by atoms with E-state index in [9.17, 15) is 0 Å². The Balaban J connectivity index is 0.000000158. The third-order valence-electron chi connectivity index (χ3n) is 5.03. The molecule has 31 heavy (non-hydrogen) atoms. The van der Waals surface area contributed by atoms with E-state index in [1.807, 2.05) is 66.7 Å². The molecule has 2 aliphatic rings. The Morgan fingerprint density at radius 3 is 2.42 bits per heavy atom. The van der Waals surface area contributed by atoms with Gasteiger partial charge in [-0.1, -0.05) is 48.5 Å². The quantitative estimate of drug-likeness (QED) is 0.578. The minimum atomic E-state index is -0.0313. The van der Waals surface area contributed by atoms with Gasteiger partial charge in [-0.2, -0.15) is 0 Å². The van der Waals surface area contributed by atoms with E-state index >= 15 is 0 Å². The molecule has 1 atom stereocenters. The highest BCUT2D eigenvalue weighted by atomic mass is 16.7. The lowest BCUT2D eigenvalue weighted by molar-refractivity contribution is -0.105. The maximum Gasteiger partial charge on any atom is 0.199 e. The van der Waals surface area contributed by atoms with Crippen molar-refractivity contribution in [2.24, 2.45) is 0 Å². The predicted molar refractivity (Wildman–Crippen MR) is 122 cm³/mol. The SMILES string of the molecule is c1ccc(COc2ccc3c(c2)OCCN3)cc1.c1ccc(OC2CCCCO2)cc1. The smallest absolute Gasteiger partial charge is 0.199 e. The van der Waals surface area contributed by atoms with E-state index < -0.39 is 0 Å². The van der Waals surface area contributed by atoms with Crippen molar-refractivity contribution >= 4 is 5.69 Å². The summed E-state index contributed by atoms with van der Waals surface area (Å²) in [5, 5.41) is 3.28. The maximum absolute atomic E-state index is 5.75. The van der Waals surface area contributed by atoms with Gasteiger partial charge in [-0.3, -0.25) is 0 Å². The highest BCUT2D eigenvalue weighted by Crippen LogP contribution is 2.31. The van der Waals surface area contributed by atoms with Crippen LogP contribution in [-0.2, 0) is 11.3 Å². The molecule has 5 rings (SSSR count). The van der Waals surface area contributed by atoms with Crippen molar-refractivity contribution in [3.63, 3.8) is 0 Å². The summed E-state index contributed by atoms with van der Waals surface area (Å²) < 4.78 is 22.4. The lowest BCUT2D eigenvalue weighted by Crippen LogP contribution is -2.24. The first-order valence-corrected chi connectivity index (χ1v) is 10.9. The molecule has 2 aliphatic heterocycles. The molecule has 0 radical (unpaired) electrons. The fourth-order valence-corrected chi connectivity index (χ4v) is 3.40. The summed E-state index contributed by atoms with van der Waals surface area (Å²) in [6.45, 7) is 2.97. The molecule has 0 aliphatic carbocycles. The molecular weight excluding hydrogens is 390 g/mol. The van der Waals surface area contributed by atoms with Crippen LogP contribution in [0.25, 0.3) is 0 Å². The zero-order valence-corrected chi connectivity index (χ0v) is 17.7. The van der Waals surface area contributed by atoms with Crippen LogP contribution in [0.2, 0.25) is 0 Å². The van der Waals surface area contributed by atoms with Gasteiger partial charge >= 0.3 is 0 Å². The molecule has 3 aromatic carbocycles. The Morgan fingerprint density at radius 1 is 0.839 bits per heavy atom. The second kappa shape index (κ2) is 11.3. The van der Waals surface area contributed by atoms with Crippen molar-refractivity contribution < 1.29 is 18.9 Å². The van der Waals surface area contributed by atoms with Crippen molar-refractivity contribution in [3.8, 4) is 17.2 Å². The second-order valence-corrected chi connectivity index (χ2v) is 7.43. The average Bonchev–Trinajstić information content (AvgIpc) is 2.85. The summed E-state index contributed by atoms with van der Waals surface area (Å²) in [7, 11) is 0. The van der Waals surface area contributed by atoms with E-state index in [-0.39, 0.29) is 6.29 Å². The molecule has 2 heterocycles. The van der Waals surface area contributed by atoms with E-state index in [0.717, 1.165) is 54.5 Å². The molecular formula is C26H29NO4. The summed E-state index contributed by atoms with van der Waals surface area (Å²) in [5.41, 5.74) is 2.20. The molecule has 0 amide bonds. The molecule has 1 N–H and O–H groups in total. The number of para-hydroxylation sites is 1. The summed E-state index contributed by atoms with van der Waals surface area (Å²) in [4.78, 5) is 0. The number of ether oxygens (including phenoxy) is 4. The van der Waals surface area contributed by atoms with Gasteiger partial charge in [0.1, 0.15) is 30.5 Å². The van der Waals surface area contributed by atoms with Crippen molar-refractivity contribution in [1.82, 2.24) is 0 Å². The fraction of sp³-hybridized carbons (Fsp3) is 0.308. The van der Waals surface area contributed by atoms with Crippen LogP contribution in [-0.4, -0.2) is 26.0 Å². The van der Waals surface area contributed by atoms with E-state index in [4.69, 9.17) is 18.9 Å². The first-order valence-electron chi connectivity index (χ1n) is 10.9. The van der Waals surface area contributed by atoms with Gasteiger partial charge in [0.2, 0.25) is 0 Å². The van der Waals surface area contributed by atoms with E-state index in [1.54, 1.807) is 0 Å². The number of hydrogen-bond acceptors (Lipinski definition) is 5. The second-order valence-electron chi connectivity index (χ2n) is 7.43. The molecule has 1 unspecified atom stereocenters. The van der Waals surface area contributed by atoms with Crippen LogP contribution in [0.3, 0.4) is 0 Å². The predicted octanol–water partition coefficient (Wildman–Crippen LogP) is 5.66. The van der Waals surface area contributed by atoms with Crippen LogP contribution < -0.4 is 19.5 Å². The fourth-order valence-electron chi connectivity index (χ4n) is 3.40. The Bertz CT molecular complexity index is 911. The summed E-state index contributed by atoms with van der Waals surface area (Å²) in [6.07, 6.45) is 3.34. The van der Waals surface area contributed by atoms with Crippen molar-refractivity contribution in [2.75, 3.05) is 25.1 Å². The van der Waals surface area contributed by atoms with Gasteiger partial charge < -0.3 is 24.3 Å². The van der Waals surface area contributed by atoms with Gasteiger partial charge in [-0.05, 0) is 42.7 Å². The number of benzene rings is 3. The van der Waals surface area contributed by atoms with Gasteiger partial charge in [0.25, 0.3) is 0 Å². The summed E-state index contributed by atoms with van der Waals surface area (Å²) in [5.74, 6) is 2.60. The Morgan fingerprint density at radius 2 is 1.65 bits per heavy atom. The third-order valence-corrected chi connectivity index (χ3v) is 5.03. The molecule has 0 bridgehead atoms. The van der Waals surface area contributed by atoms with Gasteiger partial charge in [-0.15, -0.1) is 0 Å². The van der Waals surface area contributed by atoms with Crippen molar-refractivity contribution in [3.05, 3.63) is 84.4 Å². The van der Waals surface area contributed by atoms with Crippen LogP contribution in [0, 0.1) is 0 Å². The number of anilines is 1. The van der Waals surface area contributed by atoms with Crippen molar-refractivity contribution in [1.29, 1.82) is 0 Å². The normalized spacial score (nSPS) is 17.1. The van der Waals surface area contributed by atoms with Gasteiger partial charge in [0.15, 0.2) is 6.29 Å². The van der Waals surface area contributed by atoms with Crippen LogP contribution in [0.1, 0.15) is 24.8 Å². The highest BCUT2D eigenvalue weighted by Gasteiger charge is 2.14. The number of nitrogens with one attached hydrogen (secondary N) is 1. The maximum atomic E-state index is 5.75. The minimum Gasteiger partial charge on any atom is -0.489 e. The van der Waals surface area contributed by atoms with Gasteiger partial charge in [-0.25, -0.2) is 0 Å². The first kappa shape index (κ1) is 21.1. The van der Waals surface area contributed by atoms with E-state index in [2.05, 4.69) is 17.4 Å². The van der Waals surface area contributed by atoms with Gasteiger partial charge in [0.05, 0.1) is 12.3 Å². The minimum absolute atomic E-state index is 0.0313. The Labute approximate surface area is 183 Å². The zero-order chi connectivity index (χ0) is 21.1. The third kappa shape index (κ3) is 6.66. The molecule has 5 nitrogen and oxygen atoms in total. The number of hydrogen-bond donors (Lipinski definition) is 1. The number of rotatable bonds is 5. The van der Waals surface area contributed by atoms with Crippen LogP contribution in [0.15, 0.2) is 78.9 Å². The van der Waals surface area contributed by atoms with Crippen LogP contribution in [0.4, 0.5) is 5.69 Å². The van der Waals surface area contributed by atoms with E-state index in [1.165, 1.54) is 6.42 Å². The molecule has 1 fully saturated rings. The van der Waals surface area contributed by atoms with Crippen LogP contribution in [0.5, 0.6) is 17.2 Å². The standard InChI is InChI=1S/C15H15NO2.C11H14O2/c1-2-4-12(5-3-1)11-18-13-6-7-14-15(10-13)17-9-8-16-14;1-2-6-10(7-3-1)13-11-8-4-5-9-12-11/h1-7,10,16H,8-9,11H2;1-3,6-7,11H,4-5,8-9H2. The zero-order valence-electron chi connectivity index (χ0n) is 17.7. The first-order chi connectivity index (χ1) is 15.4. The molecule has 1 saturated heterocycles. The Kier molecular flexibility index (Phi) is 7.66. The topological polar surface area (TPSA) is 49.0 Å². The molecule has 162 valence electrons. The Hall–Kier alpha value is -3.18. The number of fused-ring (bicyclic) bond motifs is 1. The molecule has 5 heteroatoms. The lowest BCUT2D eigenvalue weighted by Gasteiger charge is -2.23. The lowest BCUT2D eigenvalue weighted by atomic mass is 10.2.